The van der Waals surface area contributed by atoms with Gasteiger partial charge in [-0.1, -0.05) is 6.92 Å². The van der Waals surface area contributed by atoms with E-state index in [-0.39, 0.29) is 5.91 Å². The molecule has 0 bridgehead atoms. The van der Waals surface area contributed by atoms with Gasteiger partial charge in [-0.05, 0) is 25.2 Å². The van der Waals surface area contributed by atoms with Crippen molar-refractivity contribution in [3.8, 4) is 0 Å². The fraction of sp³-hybridized carbons (Fsp3) is 0.571. The van der Waals surface area contributed by atoms with Gasteiger partial charge in [-0.2, -0.15) is 0 Å². The Kier molecular flexibility index (Phi) is 3.55. The fourth-order valence-corrected chi connectivity index (χ4v) is 3.36. The van der Waals surface area contributed by atoms with Gasteiger partial charge in [0.2, 0.25) is 5.91 Å². The Morgan fingerprint density at radius 1 is 1.47 bits per heavy atom. The number of thiazole rings is 1. The van der Waals surface area contributed by atoms with E-state index in [2.05, 4.69) is 11.9 Å². The maximum Gasteiger partial charge on any atom is 0.228 e. The summed E-state index contributed by atoms with van der Waals surface area (Å²) in [7, 11) is 0. The molecule has 2 aromatic rings. The van der Waals surface area contributed by atoms with Crippen LogP contribution in [0.2, 0.25) is 0 Å². The smallest absolute Gasteiger partial charge is 0.228 e. The molecule has 1 atom stereocenters. The molecule has 0 aromatic carbocycles. The molecule has 0 saturated carbocycles. The third kappa shape index (κ3) is 2.81. The van der Waals surface area contributed by atoms with E-state index in [0.29, 0.717) is 6.42 Å². The van der Waals surface area contributed by atoms with Crippen molar-refractivity contribution in [1.82, 2.24) is 14.3 Å². The topological polar surface area (TPSA) is 37.6 Å². The lowest BCUT2D eigenvalue weighted by atomic mass is 10.0. The summed E-state index contributed by atoms with van der Waals surface area (Å²) in [4.78, 5) is 19.8. The molecule has 19 heavy (non-hydrogen) atoms. The normalized spacial score (nSPS) is 20.7. The number of rotatable bonds is 2. The first-order chi connectivity index (χ1) is 9.22. The second-order valence-electron chi connectivity index (χ2n) is 5.42. The molecule has 2 aromatic heterocycles. The average Bonchev–Trinajstić information content (AvgIpc) is 2.86. The van der Waals surface area contributed by atoms with Gasteiger partial charge in [-0.25, -0.2) is 4.98 Å². The fourth-order valence-electron chi connectivity index (χ4n) is 2.64. The summed E-state index contributed by atoms with van der Waals surface area (Å²) >= 11 is 1.60. The lowest BCUT2D eigenvalue weighted by Crippen LogP contribution is -2.33. The average molecular weight is 277 g/mol. The minimum Gasteiger partial charge on any atom is -0.342 e. The Labute approximate surface area is 117 Å². The molecule has 0 aliphatic carbocycles. The summed E-state index contributed by atoms with van der Waals surface area (Å²) < 4.78 is 1.98. The van der Waals surface area contributed by atoms with Crippen molar-refractivity contribution in [2.45, 2.75) is 32.6 Å². The van der Waals surface area contributed by atoms with Gasteiger partial charge in [0.05, 0.1) is 12.1 Å². The molecule has 1 amide bonds. The molecule has 3 heterocycles. The van der Waals surface area contributed by atoms with Gasteiger partial charge in [0.25, 0.3) is 0 Å². The van der Waals surface area contributed by atoms with Crippen LogP contribution in [0.25, 0.3) is 4.96 Å². The van der Waals surface area contributed by atoms with E-state index in [1.165, 1.54) is 6.42 Å². The van der Waals surface area contributed by atoms with Crippen LogP contribution in [0.15, 0.2) is 17.8 Å². The summed E-state index contributed by atoms with van der Waals surface area (Å²) in [5, 5.41) is 2.00. The molecule has 1 unspecified atom stereocenters. The van der Waals surface area contributed by atoms with Gasteiger partial charge in [-0.3, -0.25) is 9.20 Å². The first kappa shape index (κ1) is 12.7. The highest BCUT2D eigenvalue weighted by Gasteiger charge is 2.19. The van der Waals surface area contributed by atoms with Crippen molar-refractivity contribution >= 4 is 22.2 Å². The quantitative estimate of drug-likeness (QED) is 0.846. The number of fused-ring (bicyclic) bond motifs is 1. The summed E-state index contributed by atoms with van der Waals surface area (Å²) in [6.45, 7) is 4.09. The molecule has 0 spiro atoms. The zero-order valence-electron chi connectivity index (χ0n) is 11.2. The van der Waals surface area contributed by atoms with E-state index in [1.54, 1.807) is 11.3 Å². The number of nitrogens with zero attached hydrogens (tertiary/aromatic N) is 3. The van der Waals surface area contributed by atoms with Gasteiger partial charge >= 0.3 is 0 Å². The molecular formula is C14H19N3OS. The molecule has 1 fully saturated rings. The van der Waals surface area contributed by atoms with E-state index in [1.807, 2.05) is 27.1 Å². The van der Waals surface area contributed by atoms with Crippen LogP contribution < -0.4 is 0 Å². The molecule has 3 rings (SSSR count). The van der Waals surface area contributed by atoms with E-state index in [0.717, 1.165) is 42.5 Å². The first-order valence-corrected chi connectivity index (χ1v) is 7.79. The second kappa shape index (κ2) is 5.33. The number of carbonyl (C=O) groups is 1. The standard InChI is InChI=1S/C14H19N3OS/c1-11-3-2-5-16(6-4-11)13(18)9-12-10-17-7-8-19-14(17)15-12/h7-8,10-11H,2-6,9H2,1H3. The molecule has 1 aliphatic heterocycles. The van der Waals surface area contributed by atoms with Crippen LogP contribution in [-0.4, -0.2) is 33.3 Å². The van der Waals surface area contributed by atoms with Crippen molar-refractivity contribution in [1.29, 1.82) is 0 Å². The van der Waals surface area contributed by atoms with Gasteiger partial charge in [0.15, 0.2) is 4.96 Å². The number of amides is 1. The van der Waals surface area contributed by atoms with Crippen LogP contribution in [-0.2, 0) is 11.2 Å². The van der Waals surface area contributed by atoms with E-state index in [4.69, 9.17) is 0 Å². The predicted octanol–water partition coefficient (Wildman–Crippen LogP) is 2.59. The van der Waals surface area contributed by atoms with E-state index in [9.17, 15) is 4.79 Å². The Morgan fingerprint density at radius 2 is 2.37 bits per heavy atom. The lowest BCUT2D eigenvalue weighted by molar-refractivity contribution is -0.130. The third-order valence-electron chi connectivity index (χ3n) is 3.84. The van der Waals surface area contributed by atoms with Crippen LogP contribution >= 0.6 is 11.3 Å². The number of hydrogen-bond donors (Lipinski definition) is 0. The maximum atomic E-state index is 12.3. The summed E-state index contributed by atoms with van der Waals surface area (Å²) in [5.74, 6) is 0.968. The molecule has 0 radical (unpaired) electrons. The Bertz CT molecular complexity index is 546. The lowest BCUT2D eigenvalue weighted by Gasteiger charge is -2.19. The molecule has 1 saturated heterocycles. The van der Waals surface area contributed by atoms with Crippen molar-refractivity contribution in [3.05, 3.63) is 23.5 Å². The minimum absolute atomic E-state index is 0.222. The monoisotopic (exact) mass is 277 g/mol. The van der Waals surface area contributed by atoms with Gasteiger partial charge < -0.3 is 4.90 Å². The SMILES string of the molecule is CC1CCCN(C(=O)Cc2cn3ccsc3n2)CC1. The zero-order chi connectivity index (χ0) is 13.2. The zero-order valence-corrected chi connectivity index (χ0v) is 12.0. The number of carbonyl (C=O) groups excluding carboxylic acids is 1. The Balaban J connectivity index is 1.65. The summed E-state index contributed by atoms with van der Waals surface area (Å²) in [6, 6.07) is 0. The molecule has 4 nitrogen and oxygen atoms in total. The minimum atomic E-state index is 0.222. The van der Waals surface area contributed by atoms with E-state index < -0.39 is 0 Å². The van der Waals surface area contributed by atoms with Gasteiger partial charge in [-0.15, -0.1) is 11.3 Å². The maximum absolute atomic E-state index is 12.3. The van der Waals surface area contributed by atoms with Crippen molar-refractivity contribution < 1.29 is 4.79 Å². The number of aromatic nitrogens is 2. The number of hydrogen-bond acceptors (Lipinski definition) is 3. The number of imidazole rings is 1. The second-order valence-corrected chi connectivity index (χ2v) is 6.29. The van der Waals surface area contributed by atoms with Crippen molar-refractivity contribution in [2.75, 3.05) is 13.1 Å². The Hall–Kier alpha value is -1.36. The molecular weight excluding hydrogens is 258 g/mol. The highest BCUT2D eigenvalue weighted by atomic mass is 32.1. The van der Waals surface area contributed by atoms with Crippen LogP contribution in [0.3, 0.4) is 0 Å². The summed E-state index contributed by atoms with van der Waals surface area (Å²) in [6.07, 6.45) is 7.88. The highest BCUT2D eigenvalue weighted by molar-refractivity contribution is 7.15. The highest BCUT2D eigenvalue weighted by Crippen LogP contribution is 2.18. The van der Waals surface area contributed by atoms with Crippen LogP contribution in [0.5, 0.6) is 0 Å². The Morgan fingerprint density at radius 3 is 3.21 bits per heavy atom. The van der Waals surface area contributed by atoms with E-state index >= 15 is 0 Å². The van der Waals surface area contributed by atoms with Crippen molar-refractivity contribution in [2.24, 2.45) is 5.92 Å². The van der Waals surface area contributed by atoms with Gasteiger partial charge in [0, 0.05) is 30.9 Å². The number of likely N-dealkylation sites (tertiary alicyclic amines) is 1. The van der Waals surface area contributed by atoms with Gasteiger partial charge in [0.1, 0.15) is 0 Å². The third-order valence-corrected chi connectivity index (χ3v) is 4.62. The molecule has 1 aliphatic rings. The van der Waals surface area contributed by atoms with Crippen LogP contribution in [0.1, 0.15) is 31.9 Å². The van der Waals surface area contributed by atoms with Crippen molar-refractivity contribution in [3.63, 3.8) is 0 Å². The van der Waals surface area contributed by atoms with Crippen LogP contribution in [0, 0.1) is 5.92 Å². The molecule has 5 heteroatoms. The summed E-state index contributed by atoms with van der Waals surface area (Å²) in [5.41, 5.74) is 0.883. The van der Waals surface area contributed by atoms with Crippen LogP contribution in [0.4, 0.5) is 0 Å². The molecule has 102 valence electrons. The largest absolute Gasteiger partial charge is 0.342 e. The molecule has 0 N–H and O–H groups in total. The predicted molar refractivity (Wildman–Crippen MR) is 76.4 cm³/mol. The first-order valence-electron chi connectivity index (χ1n) is 6.91.